The number of allylic oxidation sites excluding steroid dienone is 1. The molecule has 1 aliphatic heterocycles. The highest BCUT2D eigenvalue weighted by Gasteiger charge is 2.32. The second kappa shape index (κ2) is 9.20. The van der Waals surface area contributed by atoms with Crippen molar-refractivity contribution in [2.75, 3.05) is 19.6 Å². The Bertz CT molecular complexity index is 825. The van der Waals surface area contributed by atoms with Gasteiger partial charge in [0, 0.05) is 25.2 Å². The summed E-state index contributed by atoms with van der Waals surface area (Å²) in [4.78, 5) is 12.6. The Labute approximate surface area is 168 Å². The summed E-state index contributed by atoms with van der Waals surface area (Å²) in [5, 5.41) is 2.91. The van der Waals surface area contributed by atoms with E-state index in [4.69, 9.17) is 4.74 Å². The number of hydrogen-bond donors (Lipinski definition) is 1. The smallest absolute Gasteiger partial charge is 0.251 e. The molecule has 1 fully saturated rings. The Morgan fingerprint density at radius 2 is 1.96 bits per heavy atom. The molecule has 1 amide bonds. The minimum atomic E-state index is -3.66. The molecule has 0 radical (unpaired) electrons. The van der Waals surface area contributed by atoms with Gasteiger partial charge < -0.3 is 10.1 Å². The Balaban J connectivity index is 1.65. The second-order valence-corrected chi connectivity index (χ2v) is 9.66. The number of amides is 1. The molecule has 2 atom stereocenters. The highest BCUT2D eigenvalue weighted by molar-refractivity contribution is 7.89. The third-order valence-electron chi connectivity index (χ3n) is 5.24. The molecule has 0 bridgehead atoms. The van der Waals surface area contributed by atoms with E-state index in [-0.39, 0.29) is 23.0 Å². The van der Waals surface area contributed by atoms with Gasteiger partial charge in [0.15, 0.2) is 0 Å². The maximum Gasteiger partial charge on any atom is 0.251 e. The molecule has 0 saturated carbocycles. The summed E-state index contributed by atoms with van der Waals surface area (Å²) in [5.41, 5.74) is 1.77. The zero-order chi connectivity index (χ0) is 20.1. The number of morpholine rings is 1. The SMILES string of the molecule is C[C@@H]1CN(S(=O)(=O)c2cccc(C(=O)NCCC3=CCCCC3)c2)C[C@@H](C)O1. The van der Waals surface area contributed by atoms with Crippen molar-refractivity contribution in [3.63, 3.8) is 0 Å². The Hall–Kier alpha value is -1.70. The first-order valence-electron chi connectivity index (χ1n) is 10.1. The van der Waals surface area contributed by atoms with Crippen molar-refractivity contribution < 1.29 is 17.9 Å². The zero-order valence-corrected chi connectivity index (χ0v) is 17.5. The van der Waals surface area contributed by atoms with Crippen LogP contribution in [0.25, 0.3) is 0 Å². The molecule has 2 aliphatic rings. The number of rotatable bonds is 6. The lowest BCUT2D eigenvalue weighted by molar-refractivity contribution is -0.0440. The number of carbonyl (C=O) groups is 1. The number of nitrogens with one attached hydrogen (secondary N) is 1. The summed E-state index contributed by atoms with van der Waals surface area (Å²) in [6.07, 6.45) is 7.52. The zero-order valence-electron chi connectivity index (χ0n) is 16.7. The van der Waals surface area contributed by atoms with Crippen molar-refractivity contribution in [1.82, 2.24) is 9.62 Å². The van der Waals surface area contributed by atoms with Crippen molar-refractivity contribution >= 4 is 15.9 Å². The van der Waals surface area contributed by atoms with Gasteiger partial charge in [-0.25, -0.2) is 8.42 Å². The number of ether oxygens (including phenoxy) is 1. The fourth-order valence-electron chi connectivity index (χ4n) is 3.84. The van der Waals surface area contributed by atoms with E-state index in [0.717, 1.165) is 19.3 Å². The number of hydrogen-bond acceptors (Lipinski definition) is 4. The van der Waals surface area contributed by atoms with Crippen LogP contribution in [-0.4, -0.2) is 50.5 Å². The molecule has 3 rings (SSSR count). The number of nitrogens with zero attached hydrogens (tertiary/aromatic N) is 1. The minimum absolute atomic E-state index is 0.149. The van der Waals surface area contributed by atoms with E-state index >= 15 is 0 Å². The monoisotopic (exact) mass is 406 g/mol. The predicted molar refractivity (Wildman–Crippen MR) is 109 cm³/mol. The van der Waals surface area contributed by atoms with E-state index in [0.29, 0.717) is 25.2 Å². The molecule has 6 nitrogen and oxygen atoms in total. The summed E-state index contributed by atoms with van der Waals surface area (Å²) in [5.74, 6) is -0.239. The van der Waals surface area contributed by atoms with Gasteiger partial charge in [-0.3, -0.25) is 4.79 Å². The van der Waals surface area contributed by atoms with Gasteiger partial charge >= 0.3 is 0 Å². The highest BCUT2D eigenvalue weighted by atomic mass is 32.2. The lowest BCUT2D eigenvalue weighted by Crippen LogP contribution is -2.48. The molecule has 1 heterocycles. The van der Waals surface area contributed by atoms with E-state index in [1.54, 1.807) is 18.2 Å². The van der Waals surface area contributed by atoms with E-state index in [1.165, 1.54) is 28.8 Å². The van der Waals surface area contributed by atoms with Crippen LogP contribution in [0.1, 0.15) is 56.3 Å². The Morgan fingerprint density at radius 3 is 2.64 bits per heavy atom. The van der Waals surface area contributed by atoms with Crippen molar-refractivity contribution in [2.45, 2.75) is 63.1 Å². The van der Waals surface area contributed by atoms with Crippen LogP contribution in [0.15, 0.2) is 40.8 Å². The summed E-state index contributed by atoms with van der Waals surface area (Å²) in [6.45, 7) is 4.93. The maximum absolute atomic E-state index is 13.0. The molecule has 154 valence electrons. The van der Waals surface area contributed by atoms with Crippen LogP contribution in [0.4, 0.5) is 0 Å². The van der Waals surface area contributed by atoms with E-state index in [1.807, 2.05) is 13.8 Å². The first-order valence-corrected chi connectivity index (χ1v) is 11.5. The molecular formula is C21H30N2O4S. The normalized spacial score (nSPS) is 23.9. The van der Waals surface area contributed by atoms with Crippen LogP contribution in [-0.2, 0) is 14.8 Å². The first kappa shape index (κ1) is 21.0. The molecule has 0 spiro atoms. The quantitative estimate of drug-likeness (QED) is 0.737. The van der Waals surface area contributed by atoms with Crippen LogP contribution < -0.4 is 5.32 Å². The predicted octanol–water partition coefficient (Wildman–Crippen LogP) is 3.10. The van der Waals surface area contributed by atoms with Gasteiger partial charge in [-0.05, 0) is 64.2 Å². The van der Waals surface area contributed by atoms with Crippen molar-refractivity contribution in [3.8, 4) is 0 Å². The lowest BCUT2D eigenvalue weighted by atomic mass is 9.97. The number of carbonyl (C=O) groups excluding carboxylic acids is 1. The minimum Gasteiger partial charge on any atom is -0.373 e. The Kier molecular flexibility index (Phi) is 6.91. The van der Waals surface area contributed by atoms with E-state index in [2.05, 4.69) is 11.4 Å². The van der Waals surface area contributed by atoms with Gasteiger partial charge in [-0.15, -0.1) is 0 Å². The van der Waals surface area contributed by atoms with Gasteiger partial charge in [0.2, 0.25) is 10.0 Å². The summed E-state index contributed by atoms with van der Waals surface area (Å²) in [7, 11) is -3.66. The Morgan fingerprint density at radius 1 is 1.21 bits per heavy atom. The lowest BCUT2D eigenvalue weighted by Gasteiger charge is -2.34. The topological polar surface area (TPSA) is 75.7 Å². The molecule has 0 aromatic heterocycles. The van der Waals surface area contributed by atoms with Crippen molar-refractivity contribution in [2.24, 2.45) is 0 Å². The molecule has 1 aromatic carbocycles. The second-order valence-electron chi connectivity index (χ2n) is 7.72. The van der Waals surface area contributed by atoms with Crippen LogP contribution in [0.5, 0.6) is 0 Å². The van der Waals surface area contributed by atoms with Crippen LogP contribution in [0.2, 0.25) is 0 Å². The van der Waals surface area contributed by atoms with Crippen LogP contribution >= 0.6 is 0 Å². The highest BCUT2D eigenvalue weighted by Crippen LogP contribution is 2.22. The molecule has 1 aliphatic carbocycles. The molecule has 0 unspecified atom stereocenters. The molecule has 7 heteroatoms. The van der Waals surface area contributed by atoms with Gasteiger partial charge in [0.05, 0.1) is 17.1 Å². The van der Waals surface area contributed by atoms with Crippen LogP contribution in [0, 0.1) is 0 Å². The van der Waals surface area contributed by atoms with Gasteiger partial charge in [-0.1, -0.05) is 17.7 Å². The van der Waals surface area contributed by atoms with E-state index < -0.39 is 10.0 Å². The number of benzene rings is 1. The third-order valence-corrected chi connectivity index (χ3v) is 7.06. The fourth-order valence-corrected chi connectivity index (χ4v) is 5.48. The summed E-state index contributed by atoms with van der Waals surface area (Å²) in [6, 6.07) is 6.29. The van der Waals surface area contributed by atoms with E-state index in [9.17, 15) is 13.2 Å². The standard InChI is InChI=1S/C21H30N2O4S/c1-16-14-23(15-17(2)27-16)28(25,26)20-10-6-9-19(13-20)21(24)22-12-11-18-7-4-3-5-8-18/h6-7,9-10,13,16-17H,3-5,8,11-12,14-15H2,1-2H3,(H,22,24)/t16-,17-/m1/s1. The molecular weight excluding hydrogens is 376 g/mol. The third kappa shape index (κ3) is 5.21. The van der Waals surface area contributed by atoms with Gasteiger partial charge in [-0.2, -0.15) is 4.31 Å². The first-order chi connectivity index (χ1) is 13.4. The fraction of sp³-hybridized carbons (Fsp3) is 0.571. The summed E-state index contributed by atoms with van der Waals surface area (Å²) >= 11 is 0. The molecule has 28 heavy (non-hydrogen) atoms. The molecule has 1 saturated heterocycles. The van der Waals surface area contributed by atoms with Gasteiger partial charge in [0.1, 0.15) is 0 Å². The van der Waals surface area contributed by atoms with Crippen molar-refractivity contribution in [3.05, 3.63) is 41.5 Å². The largest absolute Gasteiger partial charge is 0.373 e. The maximum atomic E-state index is 13.0. The average Bonchev–Trinajstić information content (AvgIpc) is 2.68. The average molecular weight is 407 g/mol. The van der Waals surface area contributed by atoms with Gasteiger partial charge in [0.25, 0.3) is 5.91 Å². The van der Waals surface area contributed by atoms with Crippen LogP contribution in [0.3, 0.4) is 0 Å². The molecule has 1 N–H and O–H groups in total. The molecule has 1 aromatic rings. The number of sulfonamides is 1. The summed E-state index contributed by atoms with van der Waals surface area (Å²) < 4.78 is 33.1. The van der Waals surface area contributed by atoms with Crippen molar-refractivity contribution in [1.29, 1.82) is 0 Å².